The number of esters is 1. The molecule has 2 aliphatic rings. The average molecular weight is 637 g/mol. The number of aliphatic hydroxyl groups is 2. The normalized spacial score (nSPS) is 36.2. The van der Waals surface area contributed by atoms with Crippen LogP contribution in [0.25, 0.3) is 0 Å². The van der Waals surface area contributed by atoms with Crippen LogP contribution < -0.4 is 0 Å². The van der Waals surface area contributed by atoms with Gasteiger partial charge >= 0.3 is 5.97 Å². The molecule has 258 valence electrons. The number of carbonyl (C=O) groups excluding carboxylic acids is 1. The third kappa shape index (κ3) is 9.75. The number of carbonyl (C=O) groups is 1. The van der Waals surface area contributed by atoms with Gasteiger partial charge in [-0.25, -0.2) is 4.79 Å². The number of allylic oxidation sites excluding steroid dienone is 5. The maximum absolute atomic E-state index is 13.6. The minimum absolute atomic E-state index is 0.00609. The minimum Gasteiger partial charge on any atom is -0.490 e. The van der Waals surface area contributed by atoms with Gasteiger partial charge in [0.2, 0.25) is 5.76 Å². The number of hydrogen-bond donors (Lipinski definition) is 2. The molecule has 2 rings (SSSR count). The fourth-order valence-electron chi connectivity index (χ4n) is 6.88. The Bertz CT molecular complexity index is 1050. The van der Waals surface area contributed by atoms with E-state index in [-0.39, 0.29) is 35.7 Å². The molecule has 2 heterocycles. The second-order valence-electron chi connectivity index (χ2n) is 13.2. The molecule has 0 saturated carbocycles. The molecule has 0 bridgehead atoms. The number of methoxy groups -OCH3 is 4. The van der Waals surface area contributed by atoms with Crippen molar-refractivity contribution in [1.82, 2.24) is 0 Å². The van der Waals surface area contributed by atoms with Crippen LogP contribution in [-0.2, 0) is 33.2 Å². The molecule has 0 spiro atoms. The lowest BCUT2D eigenvalue weighted by Gasteiger charge is -2.51. The Morgan fingerprint density at radius 3 is 2.31 bits per heavy atom. The van der Waals surface area contributed by atoms with Crippen molar-refractivity contribution in [3.63, 3.8) is 0 Å². The van der Waals surface area contributed by atoms with Crippen LogP contribution in [0.3, 0.4) is 0 Å². The molecule has 0 aliphatic carbocycles. The van der Waals surface area contributed by atoms with Crippen LogP contribution in [0.4, 0.5) is 0 Å². The number of hydrogen-bond acceptors (Lipinski definition) is 9. The summed E-state index contributed by atoms with van der Waals surface area (Å²) in [5.74, 6) is -2.89. The van der Waals surface area contributed by atoms with Crippen molar-refractivity contribution in [1.29, 1.82) is 0 Å². The molecular formula is C36H60O9. The van der Waals surface area contributed by atoms with E-state index in [1.165, 1.54) is 7.11 Å². The van der Waals surface area contributed by atoms with E-state index in [0.29, 0.717) is 12.8 Å². The van der Waals surface area contributed by atoms with Gasteiger partial charge in [0.1, 0.15) is 12.2 Å². The van der Waals surface area contributed by atoms with Crippen molar-refractivity contribution in [2.45, 2.75) is 117 Å². The van der Waals surface area contributed by atoms with Gasteiger partial charge in [0.05, 0.1) is 31.5 Å². The summed E-state index contributed by atoms with van der Waals surface area (Å²) in [6, 6.07) is 0. The van der Waals surface area contributed by atoms with Gasteiger partial charge in [-0.15, -0.1) is 0 Å². The van der Waals surface area contributed by atoms with Crippen LogP contribution in [0.15, 0.2) is 47.3 Å². The third-order valence-electron chi connectivity index (χ3n) is 9.91. The van der Waals surface area contributed by atoms with Crippen molar-refractivity contribution in [3.8, 4) is 0 Å². The van der Waals surface area contributed by atoms with Crippen molar-refractivity contribution in [2.75, 3.05) is 28.4 Å². The first-order valence-corrected chi connectivity index (χ1v) is 16.3. The second kappa shape index (κ2) is 17.8. The molecule has 45 heavy (non-hydrogen) atoms. The van der Waals surface area contributed by atoms with Crippen molar-refractivity contribution < 1.29 is 43.4 Å². The average Bonchev–Trinajstić information content (AvgIpc) is 3.02. The Morgan fingerprint density at radius 1 is 1.09 bits per heavy atom. The predicted octanol–water partition coefficient (Wildman–Crippen LogP) is 5.75. The van der Waals surface area contributed by atoms with Crippen LogP contribution in [0.5, 0.6) is 0 Å². The van der Waals surface area contributed by atoms with Crippen LogP contribution >= 0.6 is 0 Å². The smallest absolute Gasteiger partial charge is 0.373 e. The molecule has 9 nitrogen and oxygen atoms in total. The Balaban J connectivity index is 2.56. The van der Waals surface area contributed by atoms with E-state index in [1.807, 2.05) is 65.8 Å². The van der Waals surface area contributed by atoms with Gasteiger partial charge in [-0.2, -0.15) is 0 Å². The topological polar surface area (TPSA) is 113 Å². The van der Waals surface area contributed by atoms with Crippen LogP contribution in [0.1, 0.15) is 74.7 Å². The monoisotopic (exact) mass is 636 g/mol. The quantitative estimate of drug-likeness (QED) is 0.305. The van der Waals surface area contributed by atoms with E-state index >= 15 is 0 Å². The first-order chi connectivity index (χ1) is 21.2. The Hall–Kier alpha value is -2.01. The molecule has 0 aromatic carbocycles. The van der Waals surface area contributed by atoms with Gasteiger partial charge < -0.3 is 38.6 Å². The summed E-state index contributed by atoms with van der Waals surface area (Å²) in [5.41, 5.74) is 1.85. The van der Waals surface area contributed by atoms with Gasteiger partial charge in [-0.1, -0.05) is 77.0 Å². The lowest BCUT2D eigenvalue weighted by molar-refractivity contribution is -0.335. The standard InChI is InChI=1S/C36H60O9/c1-13-28-25(6)31(42-11)20-36(43-12,45-28)27(8)33(38)26(7)34-29(40-9)16-14-15-21(2)17-23(4)32(37)24(5)18-22(3)19-30(41-10)35(39)44-34/h14-16,18-19,23-29,31-34,37-38H,13,17,20H2,1-12H3. The lowest BCUT2D eigenvalue weighted by Crippen LogP contribution is -2.59. The first kappa shape index (κ1) is 39.2. The molecule has 0 amide bonds. The molecule has 2 N–H and O–H groups in total. The van der Waals surface area contributed by atoms with Gasteiger partial charge in [0.25, 0.3) is 0 Å². The molecule has 9 heteroatoms. The highest BCUT2D eigenvalue weighted by Gasteiger charge is 2.52. The zero-order chi connectivity index (χ0) is 34.1. The number of aliphatic hydroxyl groups excluding tert-OH is 2. The van der Waals surface area contributed by atoms with Gasteiger partial charge in [0.15, 0.2) is 5.79 Å². The first-order valence-electron chi connectivity index (χ1n) is 16.3. The predicted molar refractivity (Wildman–Crippen MR) is 175 cm³/mol. The highest BCUT2D eigenvalue weighted by molar-refractivity contribution is 5.87. The molecule has 0 radical (unpaired) electrons. The number of ether oxygens (including phenoxy) is 6. The highest BCUT2D eigenvalue weighted by atomic mass is 16.7. The van der Waals surface area contributed by atoms with E-state index in [4.69, 9.17) is 28.4 Å². The fraction of sp³-hybridized carbons (Fsp3) is 0.750. The maximum Gasteiger partial charge on any atom is 0.373 e. The second-order valence-corrected chi connectivity index (χ2v) is 13.2. The molecular weight excluding hydrogens is 576 g/mol. The van der Waals surface area contributed by atoms with Crippen LogP contribution in [0.2, 0.25) is 0 Å². The number of rotatable bonds is 9. The van der Waals surface area contributed by atoms with Gasteiger partial charge in [-0.05, 0) is 38.7 Å². The lowest BCUT2D eigenvalue weighted by atomic mass is 9.77. The summed E-state index contributed by atoms with van der Waals surface area (Å²) in [7, 11) is 6.24. The van der Waals surface area contributed by atoms with Crippen molar-refractivity contribution in [3.05, 3.63) is 47.3 Å². The summed E-state index contributed by atoms with van der Waals surface area (Å²) < 4.78 is 35.9. The summed E-state index contributed by atoms with van der Waals surface area (Å²) >= 11 is 0. The Labute approximate surface area is 271 Å². The minimum atomic E-state index is -1.11. The van der Waals surface area contributed by atoms with E-state index < -0.39 is 48.0 Å². The Morgan fingerprint density at radius 2 is 1.76 bits per heavy atom. The van der Waals surface area contributed by atoms with Crippen molar-refractivity contribution in [2.24, 2.45) is 29.6 Å². The third-order valence-corrected chi connectivity index (χ3v) is 9.91. The molecule has 12 atom stereocenters. The zero-order valence-corrected chi connectivity index (χ0v) is 29.6. The molecule has 1 fully saturated rings. The molecule has 0 aromatic heterocycles. The van der Waals surface area contributed by atoms with Crippen LogP contribution in [0, 0.1) is 29.6 Å². The molecule has 1 saturated heterocycles. The van der Waals surface area contributed by atoms with Gasteiger partial charge in [-0.3, -0.25) is 0 Å². The zero-order valence-electron chi connectivity index (χ0n) is 29.6. The van der Waals surface area contributed by atoms with E-state index in [1.54, 1.807) is 27.4 Å². The molecule has 2 aliphatic heterocycles. The summed E-state index contributed by atoms with van der Waals surface area (Å²) in [5, 5.41) is 22.9. The summed E-state index contributed by atoms with van der Waals surface area (Å²) in [6.07, 6.45) is 7.73. The SMILES string of the molecule is CCC1OC(OC)(C(C)C(O)C(C)C2OC(=O)C(OC)=CC(C)=CC(C)C(O)C(C)CC(C)=CC=CC2OC)CC(OC)C1C. The molecule has 12 unspecified atom stereocenters. The fourth-order valence-corrected chi connectivity index (χ4v) is 6.88. The molecule has 0 aromatic rings. The van der Waals surface area contributed by atoms with Crippen molar-refractivity contribution >= 4 is 5.97 Å². The maximum atomic E-state index is 13.6. The summed E-state index contributed by atoms with van der Waals surface area (Å²) in [6.45, 7) is 15.8. The van der Waals surface area contributed by atoms with Gasteiger partial charge in [0, 0.05) is 51.4 Å². The summed E-state index contributed by atoms with van der Waals surface area (Å²) in [4.78, 5) is 13.6. The largest absolute Gasteiger partial charge is 0.490 e. The Kier molecular flexibility index (Phi) is 15.5. The van der Waals surface area contributed by atoms with E-state index in [0.717, 1.165) is 17.6 Å². The number of cyclic esters (lactones) is 1. The van der Waals surface area contributed by atoms with E-state index in [2.05, 4.69) is 13.8 Å². The van der Waals surface area contributed by atoms with Crippen LogP contribution in [-0.4, -0.2) is 87.0 Å². The van der Waals surface area contributed by atoms with E-state index in [9.17, 15) is 15.0 Å². The highest BCUT2D eigenvalue weighted by Crippen LogP contribution is 2.43.